The van der Waals surface area contributed by atoms with Crippen LogP contribution in [0.4, 0.5) is 0 Å². The number of nitrogens with one attached hydrogen (secondary N) is 1. The molecule has 41 heavy (non-hydrogen) atoms. The Balaban J connectivity index is 1.29. The topological polar surface area (TPSA) is 105 Å². The molecule has 1 fully saturated rings. The summed E-state index contributed by atoms with van der Waals surface area (Å²) in [5, 5.41) is 22.0. The van der Waals surface area contributed by atoms with Gasteiger partial charge in [-0.1, -0.05) is 78.9 Å². The molecule has 210 valence electrons. The van der Waals surface area contributed by atoms with Crippen molar-refractivity contribution >= 4 is 23.6 Å². The van der Waals surface area contributed by atoms with Crippen molar-refractivity contribution in [2.75, 3.05) is 5.75 Å². The zero-order valence-corrected chi connectivity index (χ0v) is 23.1. The van der Waals surface area contributed by atoms with Crippen molar-refractivity contribution < 1.29 is 29.3 Å². The summed E-state index contributed by atoms with van der Waals surface area (Å²) in [6.07, 6.45) is -0.472. The van der Waals surface area contributed by atoms with E-state index in [1.807, 2.05) is 78.9 Å². The minimum absolute atomic E-state index is 0.0298. The van der Waals surface area contributed by atoms with Gasteiger partial charge in [0, 0.05) is 34.7 Å². The molecule has 0 aliphatic carbocycles. The molecule has 0 saturated carbocycles. The number of carbonyl (C=O) groups is 2. The molecule has 0 unspecified atom stereocenters. The van der Waals surface area contributed by atoms with E-state index in [0.29, 0.717) is 29.2 Å². The van der Waals surface area contributed by atoms with E-state index in [2.05, 4.69) is 5.32 Å². The van der Waals surface area contributed by atoms with Crippen molar-refractivity contribution in [2.24, 2.45) is 0 Å². The van der Waals surface area contributed by atoms with Crippen LogP contribution in [-0.4, -0.2) is 33.9 Å². The Labute approximate surface area is 243 Å². The molecule has 0 bridgehead atoms. The molecule has 1 heterocycles. The monoisotopic (exact) mass is 569 g/mol. The van der Waals surface area contributed by atoms with Crippen molar-refractivity contribution in [3.63, 3.8) is 0 Å². The van der Waals surface area contributed by atoms with Crippen molar-refractivity contribution in [1.29, 1.82) is 0 Å². The molecular weight excluding hydrogens is 538 g/mol. The highest BCUT2D eigenvalue weighted by atomic mass is 32.2. The van der Waals surface area contributed by atoms with E-state index >= 15 is 0 Å². The molecule has 0 aromatic heterocycles. The standard InChI is InChI=1S/C33H31NO6S/c35-20-23-12-14-24(15-13-23)29-18-27(21-41-30-9-5-4-8-28(30)32(37)38)39-33(40-29)26-16-10-22(11-17-26)19-34-31(36)25-6-2-1-3-7-25/h1-17,27,29,33,35H,18-21H2,(H,34,36)(H,37,38)/t27-,29+,33+/m1/s1. The molecule has 0 radical (unpaired) electrons. The quantitative estimate of drug-likeness (QED) is 0.197. The molecule has 7 nitrogen and oxygen atoms in total. The lowest BCUT2D eigenvalue weighted by Gasteiger charge is -2.36. The van der Waals surface area contributed by atoms with Crippen LogP contribution in [0.1, 0.15) is 61.8 Å². The number of aliphatic hydroxyl groups excluding tert-OH is 1. The first-order chi connectivity index (χ1) is 20.0. The molecule has 4 aromatic rings. The van der Waals surface area contributed by atoms with Gasteiger partial charge in [0.1, 0.15) is 0 Å². The van der Waals surface area contributed by atoms with Crippen LogP contribution >= 0.6 is 11.8 Å². The summed E-state index contributed by atoms with van der Waals surface area (Å²) in [7, 11) is 0. The van der Waals surface area contributed by atoms with Gasteiger partial charge in [-0.2, -0.15) is 0 Å². The summed E-state index contributed by atoms with van der Waals surface area (Å²) in [6, 6.07) is 31.5. The lowest BCUT2D eigenvalue weighted by molar-refractivity contribution is -0.245. The highest BCUT2D eigenvalue weighted by Crippen LogP contribution is 2.39. The molecule has 4 aromatic carbocycles. The van der Waals surface area contributed by atoms with Gasteiger partial charge in [0.15, 0.2) is 6.29 Å². The van der Waals surface area contributed by atoms with Gasteiger partial charge < -0.3 is 25.0 Å². The van der Waals surface area contributed by atoms with Crippen LogP contribution in [0.2, 0.25) is 0 Å². The lowest BCUT2D eigenvalue weighted by Crippen LogP contribution is -2.31. The number of ether oxygens (including phenoxy) is 2. The Morgan fingerprint density at radius 1 is 0.805 bits per heavy atom. The smallest absolute Gasteiger partial charge is 0.336 e. The summed E-state index contributed by atoms with van der Waals surface area (Å²) in [5.41, 5.74) is 4.48. The summed E-state index contributed by atoms with van der Waals surface area (Å²) >= 11 is 1.46. The Bertz CT molecular complexity index is 1460. The van der Waals surface area contributed by atoms with E-state index in [0.717, 1.165) is 22.3 Å². The van der Waals surface area contributed by atoms with Crippen LogP contribution in [0.5, 0.6) is 0 Å². The number of aliphatic hydroxyl groups is 1. The molecule has 5 rings (SSSR count). The number of carboxylic acids is 1. The molecule has 0 spiro atoms. The zero-order valence-electron chi connectivity index (χ0n) is 22.3. The van der Waals surface area contributed by atoms with E-state index in [-0.39, 0.29) is 30.3 Å². The highest BCUT2D eigenvalue weighted by molar-refractivity contribution is 7.99. The summed E-state index contributed by atoms with van der Waals surface area (Å²) in [5.74, 6) is -0.534. The first-order valence-electron chi connectivity index (χ1n) is 13.4. The number of amides is 1. The second kappa shape index (κ2) is 13.6. The Hall–Kier alpha value is -3.95. The van der Waals surface area contributed by atoms with Gasteiger partial charge >= 0.3 is 5.97 Å². The fraction of sp³-hybridized carbons (Fsp3) is 0.212. The molecule has 1 aliphatic rings. The number of aromatic carboxylic acids is 1. The summed E-state index contributed by atoms with van der Waals surface area (Å²) in [6.45, 7) is 0.362. The normalized spacial score (nSPS) is 18.5. The van der Waals surface area contributed by atoms with E-state index in [9.17, 15) is 19.8 Å². The number of hydrogen-bond acceptors (Lipinski definition) is 6. The van der Waals surface area contributed by atoms with Crippen LogP contribution in [-0.2, 0) is 22.6 Å². The van der Waals surface area contributed by atoms with Gasteiger partial charge in [-0.25, -0.2) is 4.79 Å². The maximum absolute atomic E-state index is 12.4. The van der Waals surface area contributed by atoms with Crippen LogP contribution in [0, 0.1) is 0 Å². The molecular formula is C33H31NO6S. The number of rotatable bonds is 10. The third-order valence-corrected chi connectivity index (χ3v) is 8.10. The average molecular weight is 570 g/mol. The van der Waals surface area contributed by atoms with E-state index < -0.39 is 12.3 Å². The van der Waals surface area contributed by atoms with Crippen molar-refractivity contribution in [3.05, 3.63) is 137 Å². The van der Waals surface area contributed by atoms with Gasteiger partial charge in [-0.3, -0.25) is 4.79 Å². The number of thioether (sulfide) groups is 1. The predicted molar refractivity (Wildman–Crippen MR) is 157 cm³/mol. The number of hydrogen-bond donors (Lipinski definition) is 3. The van der Waals surface area contributed by atoms with Crippen LogP contribution in [0.3, 0.4) is 0 Å². The third-order valence-electron chi connectivity index (χ3n) is 6.90. The second-order valence-corrected chi connectivity index (χ2v) is 10.8. The van der Waals surface area contributed by atoms with Crippen LogP contribution in [0.25, 0.3) is 0 Å². The number of benzene rings is 4. The van der Waals surface area contributed by atoms with Crippen molar-refractivity contribution in [2.45, 2.75) is 43.0 Å². The van der Waals surface area contributed by atoms with E-state index in [1.165, 1.54) is 11.8 Å². The average Bonchev–Trinajstić information content (AvgIpc) is 3.03. The maximum atomic E-state index is 12.4. The minimum Gasteiger partial charge on any atom is -0.478 e. The van der Waals surface area contributed by atoms with E-state index in [1.54, 1.807) is 24.3 Å². The van der Waals surface area contributed by atoms with Gasteiger partial charge in [-0.05, 0) is 41.0 Å². The third kappa shape index (κ3) is 7.42. The SMILES string of the molecule is O=C(NCc1ccc([C@H]2O[C@@H](CSc3ccccc3C(=O)O)C[C@@H](c3ccc(CO)cc3)O2)cc1)c1ccccc1. The summed E-state index contributed by atoms with van der Waals surface area (Å²) < 4.78 is 12.8. The fourth-order valence-corrected chi connectivity index (χ4v) is 5.71. The van der Waals surface area contributed by atoms with Crippen molar-refractivity contribution in [1.82, 2.24) is 5.32 Å². The Morgan fingerprint density at radius 2 is 1.46 bits per heavy atom. The maximum Gasteiger partial charge on any atom is 0.336 e. The van der Waals surface area contributed by atoms with Gasteiger partial charge in [0.05, 0.1) is 24.4 Å². The van der Waals surface area contributed by atoms with Crippen LogP contribution < -0.4 is 5.32 Å². The molecule has 8 heteroatoms. The van der Waals surface area contributed by atoms with Gasteiger partial charge in [-0.15, -0.1) is 11.8 Å². The van der Waals surface area contributed by atoms with E-state index in [4.69, 9.17) is 9.47 Å². The fourth-order valence-electron chi connectivity index (χ4n) is 4.64. The summed E-state index contributed by atoms with van der Waals surface area (Å²) in [4.78, 5) is 24.8. The molecule has 1 amide bonds. The van der Waals surface area contributed by atoms with Crippen LogP contribution in [0.15, 0.2) is 108 Å². The molecule has 3 atom stereocenters. The first kappa shape index (κ1) is 28.6. The minimum atomic E-state index is -0.958. The molecule has 1 saturated heterocycles. The zero-order chi connectivity index (χ0) is 28.6. The lowest BCUT2D eigenvalue weighted by atomic mass is 10.0. The van der Waals surface area contributed by atoms with Gasteiger partial charge in [0.2, 0.25) is 0 Å². The second-order valence-electron chi connectivity index (χ2n) is 9.75. The molecule has 3 N–H and O–H groups in total. The highest BCUT2D eigenvalue weighted by Gasteiger charge is 2.32. The largest absolute Gasteiger partial charge is 0.478 e. The van der Waals surface area contributed by atoms with Crippen molar-refractivity contribution in [3.8, 4) is 0 Å². The predicted octanol–water partition coefficient (Wildman–Crippen LogP) is 6.14. The molecule has 1 aliphatic heterocycles. The van der Waals surface area contributed by atoms with Gasteiger partial charge in [0.25, 0.3) is 5.91 Å². The Kier molecular flexibility index (Phi) is 9.48. The first-order valence-corrected chi connectivity index (χ1v) is 14.4. The number of carboxylic acid groups (broad SMARTS) is 1. The number of carbonyl (C=O) groups excluding carboxylic acids is 1. The Morgan fingerprint density at radius 3 is 2.17 bits per heavy atom.